The molecule has 0 aliphatic carbocycles. The topological polar surface area (TPSA) is 88.9 Å². The highest BCUT2D eigenvalue weighted by Gasteiger charge is 2.34. The van der Waals surface area contributed by atoms with Crippen molar-refractivity contribution in [2.75, 3.05) is 25.0 Å². The molecule has 1 N–H and O–H groups in total. The molecule has 0 atom stereocenters. The van der Waals surface area contributed by atoms with Gasteiger partial charge >= 0.3 is 12.1 Å². The van der Waals surface area contributed by atoms with Gasteiger partial charge in [0.1, 0.15) is 0 Å². The monoisotopic (exact) mass is 458 g/mol. The van der Waals surface area contributed by atoms with Crippen molar-refractivity contribution in [2.45, 2.75) is 19.0 Å². The number of ether oxygens (including phenoxy) is 1. The van der Waals surface area contributed by atoms with Crippen LogP contribution in [0, 0.1) is 5.92 Å². The van der Waals surface area contributed by atoms with Crippen LogP contribution in [0.15, 0.2) is 41.0 Å². The molecule has 0 unspecified atom stereocenters. The van der Waals surface area contributed by atoms with E-state index in [1.807, 2.05) is 0 Å². The van der Waals surface area contributed by atoms with Crippen molar-refractivity contribution < 1.29 is 36.7 Å². The van der Waals surface area contributed by atoms with Crippen LogP contribution in [0.4, 0.5) is 18.9 Å². The largest absolute Gasteiger partial charge is 0.459 e. The number of hydrogen-bond donors (Lipinski definition) is 1. The Balaban J connectivity index is 1.48. The van der Waals surface area contributed by atoms with E-state index in [0.717, 1.165) is 6.07 Å². The lowest BCUT2D eigenvalue weighted by molar-refractivity contribution is -0.153. The molecule has 0 radical (unpaired) electrons. The third kappa shape index (κ3) is 5.78. The first-order chi connectivity index (χ1) is 14.6. The van der Waals surface area contributed by atoms with Gasteiger partial charge in [0.25, 0.3) is 11.8 Å². The fourth-order valence-electron chi connectivity index (χ4n) is 3.18. The number of alkyl halides is 3. The minimum atomic E-state index is -4.72. The van der Waals surface area contributed by atoms with Crippen LogP contribution in [0.3, 0.4) is 0 Å². The third-order valence-electron chi connectivity index (χ3n) is 4.75. The average Bonchev–Trinajstić information content (AvgIpc) is 3.27. The van der Waals surface area contributed by atoms with E-state index in [1.54, 1.807) is 17.0 Å². The molecule has 3 rings (SSSR count). The summed E-state index contributed by atoms with van der Waals surface area (Å²) in [5, 5.41) is 1.95. The van der Waals surface area contributed by atoms with Gasteiger partial charge in [-0.05, 0) is 43.2 Å². The lowest BCUT2D eigenvalue weighted by atomic mass is 9.97. The Morgan fingerprint density at radius 3 is 2.52 bits per heavy atom. The van der Waals surface area contributed by atoms with Gasteiger partial charge in [0.05, 0.1) is 23.4 Å². The Labute approximate surface area is 180 Å². The molecule has 1 fully saturated rings. The number of rotatable bonds is 5. The second-order valence-electron chi connectivity index (χ2n) is 6.89. The number of amides is 2. The summed E-state index contributed by atoms with van der Waals surface area (Å²) in [6.07, 6.45) is -2.65. The second-order valence-corrected chi connectivity index (χ2v) is 7.32. The number of benzene rings is 1. The van der Waals surface area contributed by atoms with Crippen molar-refractivity contribution in [1.82, 2.24) is 4.90 Å². The summed E-state index contributed by atoms with van der Waals surface area (Å²) in [5.41, 5.74) is -1.59. The van der Waals surface area contributed by atoms with Gasteiger partial charge < -0.3 is 19.4 Å². The highest BCUT2D eigenvalue weighted by atomic mass is 35.5. The first-order valence-corrected chi connectivity index (χ1v) is 9.69. The van der Waals surface area contributed by atoms with Crippen molar-refractivity contribution in [3.63, 3.8) is 0 Å². The molecular weight excluding hydrogens is 441 g/mol. The fraction of sp³-hybridized carbons (Fsp3) is 0.350. The van der Waals surface area contributed by atoms with E-state index in [9.17, 15) is 27.6 Å². The lowest BCUT2D eigenvalue weighted by Gasteiger charge is -2.30. The smallest absolute Gasteiger partial charge is 0.418 e. The number of halogens is 4. The van der Waals surface area contributed by atoms with E-state index in [2.05, 4.69) is 5.32 Å². The summed E-state index contributed by atoms with van der Waals surface area (Å²) in [7, 11) is 0. The molecule has 1 aromatic carbocycles. The molecule has 2 aromatic rings. The zero-order chi connectivity index (χ0) is 22.6. The van der Waals surface area contributed by atoms with E-state index in [-0.39, 0.29) is 16.7 Å². The number of nitrogens with one attached hydrogen (secondary N) is 1. The number of piperidine rings is 1. The molecule has 1 aliphatic heterocycles. The van der Waals surface area contributed by atoms with Gasteiger partial charge in [-0.1, -0.05) is 11.6 Å². The Morgan fingerprint density at radius 2 is 1.90 bits per heavy atom. The van der Waals surface area contributed by atoms with E-state index >= 15 is 0 Å². The number of carbonyl (C=O) groups excluding carboxylic acids is 3. The van der Waals surface area contributed by atoms with Gasteiger partial charge in [0.15, 0.2) is 12.4 Å². The molecule has 1 aromatic heterocycles. The molecule has 31 heavy (non-hydrogen) atoms. The van der Waals surface area contributed by atoms with E-state index in [1.165, 1.54) is 12.3 Å². The lowest BCUT2D eigenvalue weighted by Crippen LogP contribution is -2.40. The van der Waals surface area contributed by atoms with Crippen molar-refractivity contribution in [3.05, 3.63) is 52.9 Å². The molecule has 0 spiro atoms. The number of likely N-dealkylation sites (tertiary alicyclic amines) is 1. The highest BCUT2D eigenvalue weighted by Crippen LogP contribution is 2.36. The number of hydrogen-bond acceptors (Lipinski definition) is 5. The number of carbonyl (C=O) groups is 3. The number of furan rings is 1. The van der Waals surface area contributed by atoms with Gasteiger partial charge in [-0.3, -0.25) is 14.4 Å². The molecule has 0 saturated carbocycles. The van der Waals surface area contributed by atoms with Crippen molar-refractivity contribution in [3.8, 4) is 0 Å². The molecule has 2 heterocycles. The predicted molar refractivity (Wildman–Crippen MR) is 103 cm³/mol. The molecule has 2 amide bonds. The van der Waals surface area contributed by atoms with Crippen LogP contribution in [0.2, 0.25) is 5.02 Å². The maximum atomic E-state index is 13.1. The van der Waals surface area contributed by atoms with E-state index < -0.39 is 41.8 Å². The third-order valence-corrected chi connectivity index (χ3v) is 4.99. The number of esters is 1. The second kappa shape index (κ2) is 9.42. The quantitative estimate of drug-likeness (QED) is 0.684. The standard InChI is InChI=1S/C20H18ClF3N2O5/c21-13-3-4-15(14(10-13)20(22,23)24)25-17(27)11-31-19(29)12-5-7-26(8-6-12)18(28)16-2-1-9-30-16/h1-4,9-10,12H,5-8,11H2,(H,25,27). The van der Waals surface area contributed by atoms with Crippen LogP contribution in [-0.4, -0.2) is 42.4 Å². The number of anilines is 1. The summed E-state index contributed by atoms with van der Waals surface area (Å²) in [4.78, 5) is 38.0. The summed E-state index contributed by atoms with van der Waals surface area (Å²) in [6.45, 7) is -0.110. The van der Waals surface area contributed by atoms with E-state index in [0.29, 0.717) is 32.0 Å². The van der Waals surface area contributed by atoms with E-state index in [4.69, 9.17) is 20.8 Å². The average molecular weight is 459 g/mol. The van der Waals surface area contributed by atoms with Crippen LogP contribution >= 0.6 is 11.6 Å². The molecule has 166 valence electrons. The molecular formula is C20H18ClF3N2O5. The van der Waals surface area contributed by atoms with Gasteiger partial charge in [0.2, 0.25) is 0 Å². The van der Waals surface area contributed by atoms with Gasteiger partial charge in [0, 0.05) is 18.1 Å². The molecule has 1 aliphatic rings. The Bertz CT molecular complexity index is 954. The van der Waals surface area contributed by atoms with Gasteiger partial charge in [-0.15, -0.1) is 0 Å². The predicted octanol–water partition coefficient (Wildman–Crippen LogP) is 3.99. The van der Waals surface area contributed by atoms with Gasteiger partial charge in [-0.2, -0.15) is 13.2 Å². The highest BCUT2D eigenvalue weighted by molar-refractivity contribution is 6.30. The Kier molecular flexibility index (Phi) is 6.89. The van der Waals surface area contributed by atoms with Gasteiger partial charge in [-0.25, -0.2) is 0 Å². The summed E-state index contributed by atoms with van der Waals surface area (Å²) >= 11 is 5.60. The maximum Gasteiger partial charge on any atom is 0.418 e. The van der Waals surface area contributed by atoms with Crippen molar-refractivity contribution >= 4 is 35.1 Å². The molecule has 11 heteroatoms. The van der Waals surface area contributed by atoms with Crippen molar-refractivity contribution in [2.24, 2.45) is 5.92 Å². The number of nitrogens with zero attached hydrogens (tertiary/aromatic N) is 1. The summed E-state index contributed by atoms with van der Waals surface area (Å²) in [5.74, 6) is -2.15. The normalized spacial score (nSPS) is 14.9. The molecule has 1 saturated heterocycles. The van der Waals surface area contributed by atoms with Crippen molar-refractivity contribution in [1.29, 1.82) is 0 Å². The minimum Gasteiger partial charge on any atom is -0.459 e. The van der Waals surface area contributed by atoms with Crippen LogP contribution < -0.4 is 5.32 Å². The summed E-state index contributed by atoms with van der Waals surface area (Å²) in [6, 6.07) is 6.07. The Hall–Kier alpha value is -3.01. The molecule has 0 bridgehead atoms. The molecule has 7 nitrogen and oxygen atoms in total. The minimum absolute atomic E-state index is 0.131. The van der Waals surface area contributed by atoms with Crippen LogP contribution in [-0.2, 0) is 20.5 Å². The summed E-state index contributed by atoms with van der Waals surface area (Å²) < 4.78 is 49.3. The van der Waals surface area contributed by atoms with Crippen LogP contribution in [0.25, 0.3) is 0 Å². The maximum absolute atomic E-state index is 13.1. The van der Waals surface area contributed by atoms with Crippen LogP contribution in [0.5, 0.6) is 0 Å². The van der Waals surface area contributed by atoms with Crippen LogP contribution in [0.1, 0.15) is 29.0 Å². The Morgan fingerprint density at radius 1 is 1.19 bits per heavy atom. The zero-order valence-electron chi connectivity index (χ0n) is 16.1. The first-order valence-electron chi connectivity index (χ1n) is 9.31. The first kappa shape index (κ1) is 22.7. The fourth-order valence-corrected chi connectivity index (χ4v) is 3.35. The zero-order valence-corrected chi connectivity index (χ0v) is 16.8. The SMILES string of the molecule is O=C(COC(=O)C1CCN(C(=O)c2ccco2)CC1)Nc1ccc(Cl)cc1C(F)(F)F.